The number of hydrogen-bond acceptors (Lipinski definition) is 3. The van der Waals surface area contributed by atoms with E-state index < -0.39 is 0 Å². The Morgan fingerprint density at radius 3 is 2.31 bits per heavy atom. The molecule has 0 aliphatic heterocycles. The fourth-order valence-electron chi connectivity index (χ4n) is 2.26. The summed E-state index contributed by atoms with van der Waals surface area (Å²) in [6, 6.07) is 0. The quantitative estimate of drug-likeness (QED) is 0.745. The molecule has 0 N–H and O–H groups in total. The predicted molar refractivity (Wildman–Crippen MR) is 63.7 cm³/mol. The van der Waals surface area contributed by atoms with Crippen LogP contribution in [0.4, 0.5) is 0 Å². The Kier molecular flexibility index (Phi) is 3.17. The highest BCUT2D eigenvalue weighted by molar-refractivity contribution is 6.30. The van der Waals surface area contributed by atoms with E-state index in [-0.39, 0.29) is 5.60 Å². The molecule has 4 heteroatoms. The van der Waals surface area contributed by atoms with Gasteiger partial charge in [0.25, 0.3) is 0 Å². The van der Waals surface area contributed by atoms with Crippen molar-refractivity contribution in [2.24, 2.45) is 0 Å². The van der Waals surface area contributed by atoms with Gasteiger partial charge in [-0.1, -0.05) is 11.6 Å². The van der Waals surface area contributed by atoms with Crippen LogP contribution in [0.15, 0.2) is 0 Å². The SMILES string of the molecule is COC1(c2nc(C)c(C)c(Cl)n2)CCCC1. The summed E-state index contributed by atoms with van der Waals surface area (Å²) in [7, 11) is 1.73. The molecule has 0 spiro atoms. The molecule has 0 radical (unpaired) electrons. The van der Waals surface area contributed by atoms with Crippen molar-refractivity contribution in [2.75, 3.05) is 7.11 Å². The van der Waals surface area contributed by atoms with Crippen LogP contribution >= 0.6 is 11.6 Å². The van der Waals surface area contributed by atoms with Crippen molar-refractivity contribution >= 4 is 11.6 Å². The van der Waals surface area contributed by atoms with Crippen molar-refractivity contribution in [3.63, 3.8) is 0 Å². The maximum atomic E-state index is 6.11. The predicted octanol–water partition coefficient (Wildman–Crippen LogP) is 3.16. The lowest BCUT2D eigenvalue weighted by Crippen LogP contribution is -2.28. The van der Waals surface area contributed by atoms with Gasteiger partial charge in [-0.3, -0.25) is 0 Å². The third-order valence-electron chi connectivity index (χ3n) is 3.54. The first-order chi connectivity index (χ1) is 7.59. The van der Waals surface area contributed by atoms with Crippen molar-refractivity contribution in [1.82, 2.24) is 9.97 Å². The number of rotatable bonds is 2. The van der Waals surface area contributed by atoms with Gasteiger partial charge >= 0.3 is 0 Å². The van der Waals surface area contributed by atoms with Gasteiger partial charge in [0.05, 0.1) is 0 Å². The smallest absolute Gasteiger partial charge is 0.162 e. The van der Waals surface area contributed by atoms with Crippen molar-refractivity contribution in [3.8, 4) is 0 Å². The van der Waals surface area contributed by atoms with Gasteiger partial charge in [-0.05, 0) is 39.5 Å². The van der Waals surface area contributed by atoms with E-state index in [0.29, 0.717) is 5.15 Å². The monoisotopic (exact) mass is 240 g/mol. The van der Waals surface area contributed by atoms with E-state index in [1.807, 2.05) is 13.8 Å². The first kappa shape index (κ1) is 11.8. The van der Waals surface area contributed by atoms with Gasteiger partial charge in [-0.15, -0.1) is 0 Å². The Hall–Kier alpha value is -0.670. The fourth-order valence-corrected chi connectivity index (χ4v) is 2.48. The molecular formula is C12H17ClN2O. The van der Waals surface area contributed by atoms with E-state index in [2.05, 4.69) is 9.97 Å². The van der Waals surface area contributed by atoms with Crippen LogP contribution in [0.25, 0.3) is 0 Å². The molecule has 1 aliphatic carbocycles. The van der Waals surface area contributed by atoms with Crippen LogP contribution in [0.5, 0.6) is 0 Å². The van der Waals surface area contributed by atoms with E-state index in [1.54, 1.807) is 7.11 Å². The first-order valence-electron chi connectivity index (χ1n) is 5.65. The van der Waals surface area contributed by atoms with Crippen LogP contribution in [0.2, 0.25) is 5.15 Å². The molecule has 1 aromatic heterocycles. The summed E-state index contributed by atoms with van der Waals surface area (Å²) in [5.41, 5.74) is 1.59. The van der Waals surface area contributed by atoms with Crippen LogP contribution in [-0.4, -0.2) is 17.1 Å². The topological polar surface area (TPSA) is 35.0 Å². The summed E-state index contributed by atoms with van der Waals surface area (Å²) in [5.74, 6) is 0.751. The number of nitrogens with zero attached hydrogens (tertiary/aromatic N) is 2. The van der Waals surface area contributed by atoms with Gasteiger partial charge < -0.3 is 4.74 Å². The zero-order chi connectivity index (χ0) is 11.8. The molecule has 0 unspecified atom stereocenters. The molecule has 0 amide bonds. The molecule has 1 saturated carbocycles. The van der Waals surface area contributed by atoms with Gasteiger partial charge in [-0.25, -0.2) is 9.97 Å². The molecule has 0 atom stereocenters. The van der Waals surface area contributed by atoms with E-state index in [9.17, 15) is 0 Å². The van der Waals surface area contributed by atoms with Crippen molar-refractivity contribution in [2.45, 2.75) is 45.1 Å². The standard InChI is InChI=1S/C12H17ClN2O/c1-8-9(2)14-11(15-10(8)13)12(16-3)6-4-5-7-12/h4-7H2,1-3H3. The molecule has 2 rings (SSSR count). The first-order valence-corrected chi connectivity index (χ1v) is 6.03. The minimum Gasteiger partial charge on any atom is -0.370 e. The van der Waals surface area contributed by atoms with Gasteiger partial charge in [0, 0.05) is 18.4 Å². The fraction of sp³-hybridized carbons (Fsp3) is 0.667. The minimum absolute atomic E-state index is 0.303. The average molecular weight is 241 g/mol. The van der Waals surface area contributed by atoms with Crippen molar-refractivity contribution < 1.29 is 4.74 Å². The van der Waals surface area contributed by atoms with Gasteiger partial charge in [0.2, 0.25) is 0 Å². The molecule has 1 aromatic rings. The summed E-state index contributed by atoms with van der Waals surface area (Å²) in [6.45, 7) is 3.90. The Morgan fingerprint density at radius 1 is 1.19 bits per heavy atom. The normalized spacial score (nSPS) is 19.0. The molecule has 3 nitrogen and oxygen atoms in total. The number of hydrogen-bond donors (Lipinski definition) is 0. The number of methoxy groups -OCH3 is 1. The maximum Gasteiger partial charge on any atom is 0.162 e. The highest BCUT2D eigenvalue weighted by atomic mass is 35.5. The lowest BCUT2D eigenvalue weighted by molar-refractivity contribution is -0.0164. The summed E-state index contributed by atoms with van der Waals surface area (Å²) in [6.07, 6.45) is 4.31. The minimum atomic E-state index is -0.303. The van der Waals surface area contributed by atoms with Crippen molar-refractivity contribution in [1.29, 1.82) is 0 Å². The van der Waals surface area contributed by atoms with Crippen LogP contribution in [0.1, 0.15) is 42.8 Å². The maximum absolute atomic E-state index is 6.11. The van der Waals surface area contributed by atoms with E-state index in [4.69, 9.17) is 16.3 Å². The van der Waals surface area contributed by atoms with E-state index in [0.717, 1.165) is 29.9 Å². The molecule has 1 heterocycles. The second-order valence-corrected chi connectivity index (χ2v) is 4.81. The van der Waals surface area contributed by atoms with Gasteiger partial charge in [-0.2, -0.15) is 0 Å². The Morgan fingerprint density at radius 2 is 1.81 bits per heavy atom. The zero-order valence-electron chi connectivity index (χ0n) is 10.0. The number of halogens is 1. The van der Waals surface area contributed by atoms with Crippen LogP contribution in [0, 0.1) is 13.8 Å². The second kappa shape index (κ2) is 4.30. The summed E-state index contributed by atoms with van der Waals surface area (Å²) in [5, 5.41) is 0.547. The van der Waals surface area contributed by atoms with Crippen LogP contribution in [0.3, 0.4) is 0 Å². The van der Waals surface area contributed by atoms with Gasteiger partial charge in [0.1, 0.15) is 10.8 Å². The van der Waals surface area contributed by atoms with Gasteiger partial charge in [0.15, 0.2) is 5.82 Å². The second-order valence-electron chi connectivity index (χ2n) is 4.45. The summed E-state index contributed by atoms with van der Waals surface area (Å²) in [4.78, 5) is 8.93. The summed E-state index contributed by atoms with van der Waals surface area (Å²) >= 11 is 6.11. The molecule has 88 valence electrons. The molecule has 1 fully saturated rings. The molecule has 1 aliphatic rings. The van der Waals surface area contributed by atoms with Crippen LogP contribution in [-0.2, 0) is 10.3 Å². The number of ether oxygens (including phenoxy) is 1. The highest BCUT2D eigenvalue weighted by Crippen LogP contribution is 2.40. The highest BCUT2D eigenvalue weighted by Gasteiger charge is 2.38. The largest absolute Gasteiger partial charge is 0.370 e. The molecule has 16 heavy (non-hydrogen) atoms. The average Bonchev–Trinajstić information content (AvgIpc) is 2.75. The van der Waals surface area contributed by atoms with Crippen LogP contribution < -0.4 is 0 Å². The Labute approximate surface area is 101 Å². The van der Waals surface area contributed by atoms with E-state index in [1.165, 1.54) is 12.8 Å². The Balaban J connectivity index is 2.47. The van der Waals surface area contributed by atoms with E-state index >= 15 is 0 Å². The molecular weight excluding hydrogens is 224 g/mol. The number of aryl methyl sites for hydroxylation is 1. The van der Waals surface area contributed by atoms with Crippen molar-refractivity contribution in [3.05, 3.63) is 22.2 Å². The third-order valence-corrected chi connectivity index (χ3v) is 3.91. The Bertz CT molecular complexity index is 377. The molecule has 0 aromatic carbocycles. The molecule has 0 saturated heterocycles. The lowest BCUT2D eigenvalue weighted by atomic mass is 10.0. The number of aromatic nitrogens is 2. The lowest BCUT2D eigenvalue weighted by Gasteiger charge is -2.26. The third kappa shape index (κ3) is 1.82. The zero-order valence-corrected chi connectivity index (χ0v) is 10.8. The molecule has 0 bridgehead atoms. The summed E-state index contributed by atoms with van der Waals surface area (Å²) < 4.78 is 5.65.